The smallest absolute Gasteiger partial charge is 0.200 e. The van der Waals surface area contributed by atoms with Crippen molar-refractivity contribution in [1.82, 2.24) is 19.9 Å². The van der Waals surface area contributed by atoms with Gasteiger partial charge in [0.1, 0.15) is 0 Å². The molecular weight excluding hydrogens is 1000 g/mol. The summed E-state index contributed by atoms with van der Waals surface area (Å²) < 4.78 is 310. The van der Waals surface area contributed by atoms with Crippen LogP contribution in [-0.2, 0) is 0 Å². The molecule has 0 saturated carbocycles. The number of nitrogens with one attached hydrogen (secondary N) is 2. The lowest BCUT2D eigenvalue weighted by Gasteiger charge is -2.16. The van der Waals surface area contributed by atoms with Crippen molar-refractivity contribution in [2.24, 2.45) is 0 Å². The second-order valence-electron chi connectivity index (χ2n) is 14.4. The number of fused-ring (bicyclic) bond motifs is 8. The number of aromatic amines is 2. The van der Waals surface area contributed by atoms with Crippen molar-refractivity contribution in [3.8, 4) is 33.4 Å². The Bertz CT molecular complexity index is 3590. The molecule has 2 aliphatic rings. The quantitative estimate of drug-likeness (QED) is 0.105. The van der Waals surface area contributed by atoms with E-state index in [0.717, 1.165) is 12.1 Å². The van der Waals surface area contributed by atoms with Crippen molar-refractivity contribution in [3.05, 3.63) is 175 Å². The van der Waals surface area contributed by atoms with Gasteiger partial charge in [-0.3, -0.25) is 0 Å². The summed E-state index contributed by atoms with van der Waals surface area (Å²) >= 11 is 0. The number of hydrogen-bond donors (Lipinski definition) is 2. The summed E-state index contributed by atoms with van der Waals surface area (Å²) in [6.45, 7) is 0. The molecule has 5 heterocycles. The summed E-state index contributed by atoms with van der Waals surface area (Å²) in [5.74, 6) is -58.8. The molecule has 0 spiro atoms. The number of H-pyrrole nitrogens is 2. The number of nitrogens with zero attached hydrogens (tertiary/aromatic N) is 2. The predicted octanol–water partition coefficient (Wildman–Crippen LogP) is 14.3. The Morgan fingerprint density at radius 2 is 0.638 bits per heavy atom. The van der Waals surface area contributed by atoms with Crippen LogP contribution < -0.4 is 0 Å². The zero-order valence-corrected chi connectivity index (χ0v) is 33.3. The molecule has 0 radical (unpaired) electrons. The maximum absolute atomic E-state index is 16.4. The van der Waals surface area contributed by atoms with Crippen molar-refractivity contribution in [3.63, 3.8) is 0 Å². The van der Waals surface area contributed by atoms with E-state index in [1.807, 2.05) is 4.98 Å². The van der Waals surface area contributed by atoms with Crippen molar-refractivity contribution < 1.29 is 87.8 Å². The van der Waals surface area contributed by atoms with Gasteiger partial charge in [0.25, 0.3) is 0 Å². The molecule has 4 nitrogen and oxygen atoms in total. The summed E-state index contributed by atoms with van der Waals surface area (Å²) in [5.41, 5.74) is -24.0. The van der Waals surface area contributed by atoms with E-state index in [-0.39, 0.29) is 29.1 Å². The molecule has 354 valence electrons. The van der Waals surface area contributed by atoms with E-state index in [1.165, 1.54) is 24.3 Å². The normalized spacial score (nSPS) is 12.3. The summed E-state index contributed by atoms with van der Waals surface area (Å²) in [6.07, 6.45) is 2.52. The first-order chi connectivity index (χ1) is 32.0. The average molecular weight is 1010 g/mol. The first kappa shape index (κ1) is 47.8. The molecule has 0 fully saturated rings. The molecule has 3 aromatic heterocycles. The first-order valence-corrected chi connectivity index (χ1v) is 18.3. The van der Waals surface area contributed by atoms with Gasteiger partial charge >= 0.3 is 0 Å². The Hall–Kier alpha value is -7.63. The second kappa shape index (κ2) is 16.9. The molecule has 0 amide bonds. The minimum atomic E-state index is -3.05. The molecule has 2 N–H and O–H groups in total. The van der Waals surface area contributed by atoms with Crippen LogP contribution in [0, 0.1) is 116 Å². The van der Waals surface area contributed by atoms with Gasteiger partial charge in [0.2, 0.25) is 23.3 Å². The van der Waals surface area contributed by atoms with E-state index in [0.29, 0.717) is 12.1 Å². The summed E-state index contributed by atoms with van der Waals surface area (Å²) in [5, 5.41) is 0. The fourth-order valence-electron chi connectivity index (χ4n) is 7.51. The van der Waals surface area contributed by atoms with E-state index in [9.17, 15) is 26.3 Å². The van der Waals surface area contributed by atoms with Crippen LogP contribution in [0.4, 0.5) is 87.8 Å². The molecule has 25 heteroatoms. The van der Waals surface area contributed by atoms with Crippen molar-refractivity contribution in [2.75, 3.05) is 0 Å². The highest BCUT2D eigenvalue weighted by molar-refractivity contribution is 6.11. The standard InChI is InChI=1S/C44H10F20N4.ClH/c45-23-16(24(46)32(54)39(61)31(23)53)14-7-13-6-11-2-1-9(65-11)5-10-3-4-12(66-10)8-15-17(19-25(47)33(55)40(62)34(56)26(19)48)18(20-27(49)35(57)41(63)36(58)28(20)50)44(68-15)22(43(14)67-13)21-29(51)37(59)42(64)38(60)30(21)52;/h1-8,65,68H;1H. The molecule has 0 unspecified atom stereocenters. The molecule has 0 saturated heterocycles. The van der Waals surface area contributed by atoms with Crippen LogP contribution in [0.5, 0.6) is 0 Å². The van der Waals surface area contributed by atoms with Gasteiger partial charge in [-0.05, 0) is 48.6 Å². The number of rotatable bonds is 4. The van der Waals surface area contributed by atoms with Crippen molar-refractivity contribution in [1.29, 1.82) is 0 Å². The number of hydrogen-bond acceptors (Lipinski definition) is 2. The Morgan fingerprint density at radius 1 is 0.304 bits per heavy atom. The highest BCUT2D eigenvalue weighted by atomic mass is 35.5. The minimum absolute atomic E-state index is 0. The van der Waals surface area contributed by atoms with Gasteiger partial charge in [-0.25, -0.2) is 97.8 Å². The highest BCUT2D eigenvalue weighted by Gasteiger charge is 2.39. The van der Waals surface area contributed by atoms with Crippen LogP contribution in [0.3, 0.4) is 0 Å². The zero-order chi connectivity index (χ0) is 49.3. The van der Waals surface area contributed by atoms with Gasteiger partial charge in [-0.2, -0.15) is 0 Å². The van der Waals surface area contributed by atoms with Gasteiger partial charge < -0.3 is 9.97 Å². The average Bonchev–Trinajstić information content (AvgIpc) is 4.13. The monoisotopic (exact) mass is 1010 g/mol. The second-order valence-corrected chi connectivity index (χ2v) is 14.4. The van der Waals surface area contributed by atoms with E-state index >= 15 is 61.5 Å². The molecule has 4 aromatic carbocycles. The minimum Gasteiger partial charge on any atom is -0.355 e. The van der Waals surface area contributed by atoms with Crippen LogP contribution in [0.15, 0.2) is 30.3 Å². The summed E-state index contributed by atoms with van der Waals surface area (Å²) in [6, 6.07) is 5.11. The van der Waals surface area contributed by atoms with Crippen LogP contribution in [-0.4, -0.2) is 19.9 Å². The van der Waals surface area contributed by atoms with Gasteiger partial charge in [0, 0.05) is 38.8 Å². The Labute approximate surface area is 373 Å². The van der Waals surface area contributed by atoms with Crippen molar-refractivity contribution >= 4 is 58.3 Å². The SMILES string of the molecule is Cl.Fc1c(F)c(F)c(C2=Cc3cc4ccc(cc5nc(cc6[nH]c(c(-c7c(F)c(F)c(F)c(F)c7F)c2n3)c(-c2c(F)c(F)c(F)c(F)c2F)c6-c2c(F)c(F)c(F)c(F)c2F)C=C5)[nH]4)c(F)c1F. The van der Waals surface area contributed by atoms with Gasteiger partial charge in [0.15, 0.2) is 93.1 Å². The maximum Gasteiger partial charge on any atom is 0.200 e. The number of benzene rings is 4. The molecular formula is C44H11ClF20N4. The predicted molar refractivity (Wildman–Crippen MR) is 206 cm³/mol. The molecule has 0 aliphatic carbocycles. The van der Waals surface area contributed by atoms with Gasteiger partial charge in [0.05, 0.1) is 50.5 Å². The molecule has 8 bridgehead atoms. The summed E-state index contributed by atoms with van der Waals surface area (Å²) in [7, 11) is 0. The lowest BCUT2D eigenvalue weighted by Crippen LogP contribution is -2.09. The largest absolute Gasteiger partial charge is 0.355 e. The molecule has 7 aromatic rings. The van der Waals surface area contributed by atoms with Crippen LogP contribution >= 0.6 is 12.4 Å². The van der Waals surface area contributed by atoms with E-state index in [4.69, 9.17) is 0 Å². The van der Waals surface area contributed by atoms with Crippen molar-refractivity contribution in [2.45, 2.75) is 0 Å². The molecule has 9 rings (SSSR count). The number of halogens is 21. The molecule has 0 atom stereocenters. The molecule has 2 aliphatic heterocycles. The highest BCUT2D eigenvalue weighted by Crippen LogP contribution is 2.51. The maximum atomic E-state index is 16.4. The zero-order valence-electron chi connectivity index (χ0n) is 32.5. The van der Waals surface area contributed by atoms with Crippen LogP contribution in [0.2, 0.25) is 0 Å². The van der Waals surface area contributed by atoms with Gasteiger partial charge in [-0.15, -0.1) is 12.4 Å². The van der Waals surface area contributed by atoms with Gasteiger partial charge in [-0.1, -0.05) is 0 Å². The third kappa shape index (κ3) is 7.09. The topological polar surface area (TPSA) is 57.4 Å². The van der Waals surface area contributed by atoms with E-state index < -0.39 is 189 Å². The summed E-state index contributed by atoms with van der Waals surface area (Å²) in [4.78, 5) is 12.7. The fraction of sp³-hybridized carbons (Fsp3) is 0. The molecule has 69 heavy (non-hydrogen) atoms. The Kier molecular flexibility index (Phi) is 11.7. The first-order valence-electron chi connectivity index (χ1n) is 18.3. The van der Waals surface area contributed by atoms with Crippen LogP contribution in [0.25, 0.3) is 79.2 Å². The Balaban J connectivity index is 0.00000642. The van der Waals surface area contributed by atoms with E-state index in [1.54, 1.807) is 0 Å². The fourth-order valence-corrected chi connectivity index (χ4v) is 7.51. The lowest BCUT2D eigenvalue weighted by atomic mass is 9.89. The Morgan fingerprint density at radius 3 is 1.06 bits per heavy atom. The number of aromatic nitrogens is 4. The lowest BCUT2D eigenvalue weighted by molar-refractivity contribution is 0.376. The van der Waals surface area contributed by atoms with Crippen LogP contribution in [0.1, 0.15) is 28.3 Å². The third-order valence-corrected chi connectivity index (χ3v) is 10.5. The van der Waals surface area contributed by atoms with E-state index in [2.05, 4.69) is 15.0 Å². The third-order valence-electron chi connectivity index (χ3n) is 10.5.